The third kappa shape index (κ3) is 5.63. The first-order chi connectivity index (χ1) is 13.6. The largest absolute Gasteiger partial charge is 0.322 e. The van der Waals surface area contributed by atoms with E-state index in [1.54, 1.807) is 6.07 Å². The highest BCUT2D eigenvalue weighted by Gasteiger charge is 2.16. The average Bonchev–Trinajstić information content (AvgIpc) is 2.60. The Morgan fingerprint density at radius 1 is 0.897 bits per heavy atom. The summed E-state index contributed by atoms with van der Waals surface area (Å²) in [5.41, 5.74) is 2.35. The topological polar surface area (TPSA) is 75.3 Å². The molecule has 9 heteroatoms. The first-order valence-electron chi connectivity index (χ1n) is 8.30. The first kappa shape index (κ1) is 21.9. The molecule has 0 bridgehead atoms. The summed E-state index contributed by atoms with van der Waals surface area (Å²) in [5.74, 6) is -0.267. The Labute approximate surface area is 192 Å². The Morgan fingerprint density at radius 3 is 2.10 bits per heavy atom. The molecule has 3 rings (SSSR count). The minimum absolute atomic E-state index is 0.0384. The van der Waals surface area contributed by atoms with E-state index in [1.807, 2.05) is 19.1 Å². The summed E-state index contributed by atoms with van der Waals surface area (Å²) < 4.78 is 28.4. The monoisotopic (exact) mass is 560 g/mol. The van der Waals surface area contributed by atoms with Crippen LogP contribution < -0.4 is 10.0 Å². The number of halogens is 3. The van der Waals surface area contributed by atoms with Crippen molar-refractivity contribution < 1.29 is 13.2 Å². The van der Waals surface area contributed by atoms with Crippen molar-refractivity contribution in [3.63, 3.8) is 0 Å². The van der Waals surface area contributed by atoms with Gasteiger partial charge in [-0.05, 0) is 84.1 Å². The predicted molar refractivity (Wildman–Crippen MR) is 126 cm³/mol. The zero-order chi connectivity index (χ0) is 21.2. The number of hydrogen-bond acceptors (Lipinski definition) is 3. The number of carbonyl (C=O) groups excluding carboxylic acids is 1. The number of benzene rings is 3. The van der Waals surface area contributed by atoms with Crippen LogP contribution in [0.5, 0.6) is 0 Å². The van der Waals surface area contributed by atoms with Gasteiger partial charge in [0.2, 0.25) is 0 Å². The zero-order valence-electron chi connectivity index (χ0n) is 15.0. The fourth-order valence-electron chi connectivity index (χ4n) is 2.55. The maximum Gasteiger partial charge on any atom is 0.261 e. The lowest BCUT2D eigenvalue weighted by molar-refractivity contribution is 0.102. The fourth-order valence-corrected chi connectivity index (χ4v) is 5.03. The Morgan fingerprint density at radius 2 is 1.52 bits per heavy atom. The van der Waals surface area contributed by atoms with Crippen LogP contribution >= 0.6 is 45.8 Å². The molecule has 2 N–H and O–H groups in total. The molecule has 3 aromatic carbocycles. The average molecular weight is 561 g/mol. The lowest BCUT2D eigenvalue weighted by Gasteiger charge is -2.11. The highest BCUT2D eigenvalue weighted by Crippen LogP contribution is 2.25. The van der Waals surface area contributed by atoms with Gasteiger partial charge in [-0.1, -0.05) is 34.8 Å². The Balaban J connectivity index is 1.76. The molecule has 0 aliphatic carbocycles. The van der Waals surface area contributed by atoms with E-state index in [0.717, 1.165) is 9.13 Å². The van der Waals surface area contributed by atoms with Crippen molar-refractivity contribution in [2.24, 2.45) is 0 Å². The quantitative estimate of drug-likeness (QED) is 0.378. The highest BCUT2D eigenvalue weighted by atomic mass is 127. The molecule has 0 aromatic heterocycles. The molecular weight excluding hydrogens is 546 g/mol. The fraction of sp³-hybridized carbons (Fsp3) is 0.0500. The van der Waals surface area contributed by atoms with Crippen LogP contribution in [0.3, 0.4) is 0 Å². The van der Waals surface area contributed by atoms with Crippen LogP contribution in [0.15, 0.2) is 65.6 Å². The van der Waals surface area contributed by atoms with Gasteiger partial charge < -0.3 is 5.32 Å². The molecule has 0 unspecified atom stereocenters. The van der Waals surface area contributed by atoms with Gasteiger partial charge in [-0.2, -0.15) is 0 Å². The van der Waals surface area contributed by atoms with Crippen LogP contribution in [0.4, 0.5) is 11.4 Å². The minimum Gasteiger partial charge on any atom is -0.322 e. The molecule has 0 radical (unpaired) electrons. The van der Waals surface area contributed by atoms with Crippen molar-refractivity contribution in [3.8, 4) is 0 Å². The third-order valence-electron chi connectivity index (χ3n) is 3.91. The normalized spacial score (nSPS) is 11.2. The van der Waals surface area contributed by atoms with Crippen molar-refractivity contribution in [2.75, 3.05) is 10.0 Å². The van der Waals surface area contributed by atoms with Crippen molar-refractivity contribution in [2.45, 2.75) is 11.8 Å². The molecule has 0 saturated heterocycles. The molecule has 0 heterocycles. The Hall–Kier alpha value is -1.81. The molecule has 150 valence electrons. The number of sulfonamides is 1. The van der Waals surface area contributed by atoms with Gasteiger partial charge in [0.25, 0.3) is 15.9 Å². The molecule has 0 saturated carbocycles. The molecule has 0 spiro atoms. The number of amides is 1. The maximum absolute atomic E-state index is 12.6. The molecule has 0 fully saturated rings. The third-order valence-corrected chi connectivity index (χ3v) is 6.63. The van der Waals surface area contributed by atoms with E-state index in [4.69, 9.17) is 23.2 Å². The second-order valence-corrected chi connectivity index (χ2v) is 9.94. The highest BCUT2D eigenvalue weighted by molar-refractivity contribution is 14.1. The predicted octanol–water partition coefficient (Wildman–Crippen LogP) is 5.96. The summed E-state index contributed by atoms with van der Waals surface area (Å²) >= 11 is 13.9. The van der Waals surface area contributed by atoms with Gasteiger partial charge in [0.15, 0.2) is 0 Å². The van der Waals surface area contributed by atoms with Crippen LogP contribution in [-0.2, 0) is 10.0 Å². The van der Waals surface area contributed by atoms with Gasteiger partial charge in [0.05, 0.1) is 16.1 Å². The van der Waals surface area contributed by atoms with E-state index >= 15 is 0 Å². The molecular formula is C20H15Cl2IN2O3S. The standard InChI is InChI=1S/C20H15Cl2IN2O3S/c1-12-2-7-18(19(23)8-12)20(26)24-15-3-5-17(6-4-15)29(27,28)25-16-10-13(21)9-14(22)11-16/h2-11,25H,1H3,(H,24,26). The summed E-state index contributed by atoms with van der Waals surface area (Å²) in [6, 6.07) is 15.8. The van der Waals surface area contributed by atoms with Crippen molar-refractivity contribution in [1.29, 1.82) is 0 Å². The molecule has 0 aliphatic rings. The van der Waals surface area contributed by atoms with Gasteiger partial charge in [-0.25, -0.2) is 8.42 Å². The molecule has 29 heavy (non-hydrogen) atoms. The van der Waals surface area contributed by atoms with E-state index in [9.17, 15) is 13.2 Å². The lowest BCUT2D eigenvalue weighted by Crippen LogP contribution is -2.15. The summed E-state index contributed by atoms with van der Waals surface area (Å²) in [5, 5.41) is 3.40. The first-order valence-corrected chi connectivity index (χ1v) is 11.6. The molecule has 1 amide bonds. The van der Waals surface area contributed by atoms with Gasteiger partial charge in [0, 0.05) is 19.3 Å². The van der Waals surface area contributed by atoms with Crippen molar-refractivity contribution in [3.05, 3.63) is 85.4 Å². The number of rotatable bonds is 5. The number of carbonyl (C=O) groups is 1. The zero-order valence-corrected chi connectivity index (χ0v) is 19.5. The second kappa shape index (κ2) is 8.91. The molecule has 0 atom stereocenters. The van der Waals surface area contributed by atoms with Crippen LogP contribution in [-0.4, -0.2) is 14.3 Å². The smallest absolute Gasteiger partial charge is 0.261 e. The number of nitrogens with one attached hydrogen (secondary N) is 2. The van der Waals surface area contributed by atoms with E-state index in [1.165, 1.54) is 42.5 Å². The van der Waals surface area contributed by atoms with E-state index < -0.39 is 10.0 Å². The molecule has 5 nitrogen and oxygen atoms in total. The Kier molecular flexibility index (Phi) is 6.72. The maximum atomic E-state index is 12.6. The SMILES string of the molecule is Cc1ccc(C(=O)Nc2ccc(S(=O)(=O)Nc3cc(Cl)cc(Cl)c3)cc2)c(I)c1. The van der Waals surface area contributed by atoms with E-state index in [0.29, 0.717) is 21.3 Å². The van der Waals surface area contributed by atoms with Gasteiger partial charge in [0.1, 0.15) is 0 Å². The van der Waals surface area contributed by atoms with E-state index in [2.05, 4.69) is 32.6 Å². The summed E-state index contributed by atoms with van der Waals surface area (Å²) in [7, 11) is -3.84. The number of aryl methyl sites for hydroxylation is 1. The summed E-state index contributed by atoms with van der Waals surface area (Å²) in [6.45, 7) is 1.95. The number of anilines is 2. The summed E-state index contributed by atoms with van der Waals surface area (Å²) in [4.78, 5) is 12.5. The van der Waals surface area contributed by atoms with Gasteiger partial charge >= 0.3 is 0 Å². The van der Waals surface area contributed by atoms with Crippen LogP contribution in [0.1, 0.15) is 15.9 Å². The molecule has 3 aromatic rings. The van der Waals surface area contributed by atoms with Crippen LogP contribution in [0.25, 0.3) is 0 Å². The summed E-state index contributed by atoms with van der Waals surface area (Å²) in [6.07, 6.45) is 0. The van der Waals surface area contributed by atoms with Gasteiger partial charge in [-0.15, -0.1) is 0 Å². The lowest BCUT2D eigenvalue weighted by atomic mass is 10.1. The van der Waals surface area contributed by atoms with E-state index in [-0.39, 0.29) is 16.5 Å². The van der Waals surface area contributed by atoms with Crippen molar-refractivity contribution in [1.82, 2.24) is 0 Å². The van der Waals surface area contributed by atoms with Crippen molar-refractivity contribution >= 4 is 73.1 Å². The minimum atomic E-state index is -3.84. The van der Waals surface area contributed by atoms with Gasteiger partial charge in [-0.3, -0.25) is 9.52 Å². The number of hydrogen-bond donors (Lipinski definition) is 2. The second-order valence-electron chi connectivity index (χ2n) is 6.23. The van der Waals surface area contributed by atoms with Crippen LogP contribution in [0.2, 0.25) is 10.0 Å². The Bertz CT molecular complexity index is 1160. The molecule has 0 aliphatic heterocycles. The van der Waals surface area contributed by atoms with Crippen LogP contribution in [0, 0.1) is 10.5 Å².